The quantitative estimate of drug-likeness (QED) is 0.899. The fourth-order valence-electron chi connectivity index (χ4n) is 3.19. The molecule has 2 aliphatic heterocycles. The third-order valence-corrected chi connectivity index (χ3v) is 4.91. The molecule has 0 saturated carbocycles. The fraction of sp³-hybridized carbons (Fsp3) is 0.588. The maximum Gasteiger partial charge on any atom is 0.318 e. The summed E-state index contributed by atoms with van der Waals surface area (Å²) >= 11 is 6.06. The Morgan fingerprint density at radius 2 is 2.22 bits per heavy atom. The summed E-state index contributed by atoms with van der Waals surface area (Å²) in [7, 11) is 2.08. The van der Waals surface area contributed by atoms with E-state index < -0.39 is 0 Å². The number of urea groups is 1. The van der Waals surface area contributed by atoms with Crippen LogP contribution < -0.4 is 5.32 Å². The smallest absolute Gasteiger partial charge is 0.318 e. The molecule has 2 amide bonds. The Kier molecular flexibility index (Phi) is 5.09. The van der Waals surface area contributed by atoms with Crippen molar-refractivity contribution in [3.05, 3.63) is 34.3 Å². The Morgan fingerprint density at radius 1 is 1.39 bits per heavy atom. The van der Waals surface area contributed by atoms with Crippen molar-refractivity contribution >= 4 is 17.6 Å². The van der Waals surface area contributed by atoms with Crippen LogP contribution in [-0.2, 0) is 17.7 Å². The second-order valence-corrected chi connectivity index (χ2v) is 6.93. The van der Waals surface area contributed by atoms with E-state index in [0.29, 0.717) is 6.54 Å². The van der Waals surface area contributed by atoms with E-state index in [1.807, 2.05) is 24.0 Å². The number of rotatable bonds is 2. The number of nitrogens with one attached hydrogen (secondary N) is 1. The lowest BCUT2D eigenvalue weighted by Gasteiger charge is -2.36. The van der Waals surface area contributed by atoms with Gasteiger partial charge in [-0.1, -0.05) is 17.7 Å². The zero-order valence-corrected chi connectivity index (χ0v) is 14.5. The lowest BCUT2D eigenvalue weighted by atomic mass is 10.0. The molecular formula is C17H24ClN3O2. The first-order chi connectivity index (χ1) is 11.0. The molecule has 0 aliphatic carbocycles. The topological polar surface area (TPSA) is 44.8 Å². The Bertz CT molecular complexity index is 581. The molecule has 2 unspecified atom stereocenters. The molecule has 6 heteroatoms. The van der Waals surface area contributed by atoms with Crippen LogP contribution >= 0.6 is 11.6 Å². The van der Waals surface area contributed by atoms with Crippen molar-refractivity contribution in [3.63, 3.8) is 0 Å². The summed E-state index contributed by atoms with van der Waals surface area (Å²) in [5.41, 5.74) is 2.42. The van der Waals surface area contributed by atoms with E-state index in [1.165, 1.54) is 5.56 Å². The first-order valence-corrected chi connectivity index (χ1v) is 8.53. The van der Waals surface area contributed by atoms with E-state index in [-0.39, 0.29) is 18.2 Å². The van der Waals surface area contributed by atoms with Crippen LogP contribution in [0, 0.1) is 0 Å². The highest BCUT2D eigenvalue weighted by Gasteiger charge is 2.27. The third kappa shape index (κ3) is 3.97. The lowest BCUT2D eigenvalue weighted by Crippen LogP contribution is -2.54. The van der Waals surface area contributed by atoms with Gasteiger partial charge in [0.25, 0.3) is 0 Å². The molecule has 0 bridgehead atoms. The summed E-state index contributed by atoms with van der Waals surface area (Å²) < 4.78 is 5.78. The summed E-state index contributed by atoms with van der Waals surface area (Å²) in [5.74, 6) is 0. The number of carbonyl (C=O) groups excluding carboxylic acids is 1. The molecule has 23 heavy (non-hydrogen) atoms. The molecule has 5 nitrogen and oxygen atoms in total. The molecule has 3 rings (SSSR count). The second kappa shape index (κ2) is 7.07. The fourth-order valence-corrected chi connectivity index (χ4v) is 3.39. The van der Waals surface area contributed by atoms with Gasteiger partial charge >= 0.3 is 6.03 Å². The number of benzene rings is 1. The van der Waals surface area contributed by atoms with E-state index in [4.69, 9.17) is 16.3 Å². The molecule has 126 valence electrons. The van der Waals surface area contributed by atoms with Crippen LogP contribution in [0.4, 0.5) is 4.79 Å². The number of amides is 2. The van der Waals surface area contributed by atoms with Gasteiger partial charge in [-0.2, -0.15) is 0 Å². The summed E-state index contributed by atoms with van der Waals surface area (Å²) in [4.78, 5) is 16.6. The Balaban J connectivity index is 1.58. The Labute approximate surface area is 142 Å². The predicted octanol–water partition coefficient (Wildman–Crippen LogP) is 2.13. The van der Waals surface area contributed by atoms with Gasteiger partial charge in [0.1, 0.15) is 0 Å². The molecule has 0 spiro atoms. The molecule has 1 fully saturated rings. The Morgan fingerprint density at radius 3 is 3.00 bits per heavy atom. The zero-order valence-electron chi connectivity index (χ0n) is 13.7. The van der Waals surface area contributed by atoms with Crippen molar-refractivity contribution in [2.45, 2.75) is 32.0 Å². The van der Waals surface area contributed by atoms with Crippen molar-refractivity contribution in [2.75, 3.05) is 33.3 Å². The zero-order chi connectivity index (χ0) is 16.4. The number of ether oxygens (including phenoxy) is 1. The number of likely N-dealkylation sites (N-methyl/N-ethyl adjacent to an activating group) is 1. The molecule has 0 aromatic heterocycles. The van der Waals surface area contributed by atoms with Gasteiger partial charge < -0.3 is 19.9 Å². The van der Waals surface area contributed by atoms with Gasteiger partial charge in [-0.3, -0.25) is 0 Å². The van der Waals surface area contributed by atoms with Crippen molar-refractivity contribution in [1.29, 1.82) is 0 Å². The number of hydrogen-bond acceptors (Lipinski definition) is 3. The van der Waals surface area contributed by atoms with Crippen molar-refractivity contribution in [3.8, 4) is 0 Å². The minimum Gasteiger partial charge on any atom is -0.373 e. The van der Waals surface area contributed by atoms with Gasteiger partial charge in [0.15, 0.2) is 0 Å². The number of carbonyl (C=O) groups is 1. The highest BCUT2D eigenvalue weighted by molar-refractivity contribution is 6.30. The minimum absolute atomic E-state index is 0.00833. The van der Waals surface area contributed by atoms with E-state index in [2.05, 4.69) is 23.3 Å². The normalized spacial score (nSPS) is 23.3. The average molecular weight is 338 g/mol. The minimum atomic E-state index is -0.0278. The number of halogens is 1. The standard InChI is InChI=1S/C17H24ClN3O2/c1-12(16-11-20(2)7-8-23-16)19-17(22)21-6-5-13-3-4-15(18)9-14(13)10-21/h3-4,9,12,16H,5-8,10-11H2,1-2H3,(H,19,22). The van der Waals surface area contributed by atoms with Gasteiger partial charge in [0.2, 0.25) is 0 Å². The molecular weight excluding hydrogens is 314 g/mol. The van der Waals surface area contributed by atoms with Crippen LogP contribution in [0.15, 0.2) is 18.2 Å². The molecule has 1 aromatic carbocycles. The molecule has 0 radical (unpaired) electrons. The summed E-state index contributed by atoms with van der Waals surface area (Å²) in [6.45, 7) is 5.87. The van der Waals surface area contributed by atoms with E-state index in [1.54, 1.807) is 0 Å². The van der Waals surface area contributed by atoms with Crippen molar-refractivity contribution < 1.29 is 9.53 Å². The van der Waals surface area contributed by atoms with Crippen LogP contribution in [0.1, 0.15) is 18.1 Å². The number of hydrogen-bond donors (Lipinski definition) is 1. The predicted molar refractivity (Wildman–Crippen MR) is 90.8 cm³/mol. The van der Waals surface area contributed by atoms with E-state index in [0.717, 1.165) is 43.2 Å². The molecule has 1 aromatic rings. The van der Waals surface area contributed by atoms with Crippen LogP contribution in [0.2, 0.25) is 5.02 Å². The lowest BCUT2D eigenvalue weighted by molar-refractivity contribution is -0.0340. The van der Waals surface area contributed by atoms with Gasteiger partial charge in [-0.05, 0) is 43.7 Å². The molecule has 2 atom stereocenters. The molecule has 1 N–H and O–H groups in total. The van der Waals surface area contributed by atoms with E-state index >= 15 is 0 Å². The van der Waals surface area contributed by atoms with Crippen molar-refractivity contribution in [2.24, 2.45) is 0 Å². The van der Waals surface area contributed by atoms with Crippen LogP contribution in [-0.4, -0.2) is 61.3 Å². The highest BCUT2D eigenvalue weighted by Crippen LogP contribution is 2.22. The van der Waals surface area contributed by atoms with Crippen LogP contribution in [0.3, 0.4) is 0 Å². The highest BCUT2D eigenvalue weighted by atomic mass is 35.5. The van der Waals surface area contributed by atoms with Gasteiger partial charge in [0, 0.05) is 31.2 Å². The maximum atomic E-state index is 12.5. The third-order valence-electron chi connectivity index (χ3n) is 4.67. The molecule has 2 heterocycles. The van der Waals surface area contributed by atoms with E-state index in [9.17, 15) is 4.79 Å². The molecule has 1 saturated heterocycles. The van der Waals surface area contributed by atoms with Gasteiger partial charge in [-0.25, -0.2) is 4.79 Å². The summed E-state index contributed by atoms with van der Waals surface area (Å²) in [5, 5.41) is 3.81. The van der Waals surface area contributed by atoms with Gasteiger partial charge in [0.05, 0.1) is 18.8 Å². The number of fused-ring (bicyclic) bond motifs is 1. The SMILES string of the molecule is CC(NC(=O)N1CCc2ccc(Cl)cc2C1)C1CN(C)CCO1. The van der Waals surface area contributed by atoms with Crippen LogP contribution in [0.25, 0.3) is 0 Å². The van der Waals surface area contributed by atoms with Crippen LogP contribution in [0.5, 0.6) is 0 Å². The first-order valence-electron chi connectivity index (χ1n) is 8.16. The monoisotopic (exact) mass is 337 g/mol. The van der Waals surface area contributed by atoms with Crippen molar-refractivity contribution in [1.82, 2.24) is 15.1 Å². The summed E-state index contributed by atoms with van der Waals surface area (Å²) in [6, 6.07) is 5.89. The average Bonchev–Trinajstić information content (AvgIpc) is 2.54. The first kappa shape index (κ1) is 16.6. The number of morpholine rings is 1. The number of nitrogens with zero attached hydrogens (tertiary/aromatic N) is 2. The second-order valence-electron chi connectivity index (χ2n) is 6.49. The largest absolute Gasteiger partial charge is 0.373 e. The maximum absolute atomic E-state index is 12.5. The van der Waals surface area contributed by atoms with Gasteiger partial charge in [-0.15, -0.1) is 0 Å². The molecule has 2 aliphatic rings. The Hall–Kier alpha value is -1.30. The summed E-state index contributed by atoms with van der Waals surface area (Å²) in [6.07, 6.45) is 0.918.